The Morgan fingerprint density at radius 2 is 2.00 bits per heavy atom. The van der Waals surface area contributed by atoms with Gasteiger partial charge in [-0.05, 0) is 30.3 Å². The maximum absolute atomic E-state index is 12.6. The summed E-state index contributed by atoms with van der Waals surface area (Å²) in [6.45, 7) is 1.72. The number of primary amides is 1. The molecule has 1 aromatic heterocycles. The number of para-hydroxylation sites is 1. The lowest BCUT2D eigenvalue weighted by molar-refractivity contribution is 0.0995. The molecule has 0 aliphatic rings. The van der Waals surface area contributed by atoms with E-state index in [1.54, 1.807) is 37.3 Å². The van der Waals surface area contributed by atoms with Gasteiger partial charge in [0, 0.05) is 12.6 Å². The van der Waals surface area contributed by atoms with Gasteiger partial charge in [0.15, 0.2) is 6.61 Å². The Kier molecular flexibility index (Phi) is 5.37. The van der Waals surface area contributed by atoms with Crippen molar-refractivity contribution in [3.63, 3.8) is 0 Å². The first-order valence-corrected chi connectivity index (χ1v) is 8.23. The van der Waals surface area contributed by atoms with Crippen LogP contribution in [0.1, 0.15) is 32.4 Å². The van der Waals surface area contributed by atoms with E-state index in [0.717, 1.165) is 0 Å². The van der Waals surface area contributed by atoms with E-state index in [1.165, 1.54) is 12.1 Å². The molecule has 3 N–H and O–H groups in total. The Labute approximate surface area is 159 Å². The minimum atomic E-state index is -0.685. The fourth-order valence-corrected chi connectivity index (χ4v) is 2.52. The standard InChI is InChI=1S/C18H15ClN4O4/c1-10-21-16(23-27-10)9-26-15-5-3-2-4-12(15)18(25)22-11-6-7-14(19)13(8-11)17(20)24/h2-8H,9H2,1H3,(H2,20,24)(H,22,25). The third kappa shape index (κ3) is 4.42. The van der Waals surface area contributed by atoms with Crippen molar-refractivity contribution in [2.45, 2.75) is 13.5 Å². The van der Waals surface area contributed by atoms with E-state index in [9.17, 15) is 9.59 Å². The smallest absolute Gasteiger partial charge is 0.259 e. The number of rotatable bonds is 6. The summed E-state index contributed by atoms with van der Waals surface area (Å²) in [5, 5.41) is 6.64. The molecule has 0 aliphatic heterocycles. The quantitative estimate of drug-likeness (QED) is 0.671. The topological polar surface area (TPSA) is 120 Å². The van der Waals surface area contributed by atoms with Crippen LogP contribution in [-0.4, -0.2) is 22.0 Å². The molecular formula is C18H15ClN4O4. The largest absolute Gasteiger partial charge is 0.485 e. The highest BCUT2D eigenvalue weighted by atomic mass is 35.5. The highest BCUT2D eigenvalue weighted by Gasteiger charge is 2.15. The molecular weight excluding hydrogens is 372 g/mol. The Balaban J connectivity index is 1.77. The molecule has 9 heteroatoms. The molecule has 0 spiro atoms. The van der Waals surface area contributed by atoms with Crippen molar-refractivity contribution < 1.29 is 18.8 Å². The molecule has 8 nitrogen and oxygen atoms in total. The van der Waals surface area contributed by atoms with Crippen LogP contribution in [-0.2, 0) is 6.61 Å². The lowest BCUT2D eigenvalue weighted by Gasteiger charge is -2.11. The van der Waals surface area contributed by atoms with Gasteiger partial charge in [-0.1, -0.05) is 28.9 Å². The van der Waals surface area contributed by atoms with E-state index in [4.69, 9.17) is 26.6 Å². The lowest BCUT2D eigenvalue weighted by Crippen LogP contribution is -2.16. The Bertz CT molecular complexity index is 1000. The van der Waals surface area contributed by atoms with E-state index in [2.05, 4.69) is 15.5 Å². The Hall–Kier alpha value is -3.39. The van der Waals surface area contributed by atoms with Gasteiger partial charge in [0.2, 0.25) is 17.6 Å². The molecule has 138 valence electrons. The van der Waals surface area contributed by atoms with Crippen molar-refractivity contribution in [2.75, 3.05) is 5.32 Å². The van der Waals surface area contributed by atoms with Crippen molar-refractivity contribution in [3.8, 4) is 5.75 Å². The number of carbonyl (C=O) groups is 2. The lowest BCUT2D eigenvalue weighted by atomic mass is 10.1. The summed E-state index contributed by atoms with van der Waals surface area (Å²) in [4.78, 5) is 28.1. The molecule has 3 rings (SSSR count). The van der Waals surface area contributed by atoms with Crippen molar-refractivity contribution >= 4 is 29.1 Å². The Morgan fingerprint density at radius 1 is 1.22 bits per heavy atom. The van der Waals surface area contributed by atoms with Crippen LogP contribution in [0.2, 0.25) is 5.02 Å². The van der Waals surface area contributed by atoms with Crippen molar-refractivity contribution in [1.82, 2.24) is 10.1 Å². The molecule has 0 radical (unpaired) electrons. The molecule has 1 heterocycles. The maximum Gasteiger partial charge on any atom is 0.259 e. The van der Waals surface area contributed by atoms with E-state index >= 15 is 0 Å². The first kappa shape index (κ1) is 18.4. The van der Waals surface area contributed by atoms with E-state index in [-0.39, 0.29) is 17.2 Å². The summed E-state index contributed by atoms with van der Waals surface area (Å²) in [7, 11) is 0. The van der Waals surface area contributed by atoms with Crippen LogP contribution in [0.3, 0.4) is 0 Å². The summed E-state index contributed by atoms with van der Waals surface area (Å²) in [5.74, 6) is 0.0311. The normalized spacial score (nSPS) is 10.4. The number of aromatic nitrogens is 2. The summed E-state index contributed by atoms with van der Waals surface area (Å²) >= 11 is 5.92. The number of nitrogens with zero attached hydrogens (tertiary/aromatic N) is 2. The number of nitrogens with two attached hydrogens (primary N) is 1. The van der Waals surface area contributed by atoms with Gasteiger partial charge in [-0.3, -0.25) is 9.59 Å². The average Bonchev–Trinajstić information content (AvgIpc) is 3.07. The summed E-state index contributed by atoms with van der Waals surface area (Å²) < 4.78 is 10.5. The fourth-order valence-electron chi connectivity index (χ4n) is 2.31. The van der Waals surface area contributed by atoms with Gasteiger partial charge in [0.05, 0.1) is 16.1 Å². The molecule has 2 amide bonds. The average molecular weight is 387 g/mol. The van der Waals surface area contributed by atoms with Crippen LogP contribution in [0.15, 0.2) is 47.0 Å². The van der Waals surface area contributed by atoms with Gasteiger partial charge < -0.3 is 20.3 Å². The highest BCUT2D eigenvalue weighted by Crippen LogP contribution is 2.23. The molecule has 0 saturated heterocycles. The second kappa shape index (κ2) is 7.88. The monoisotopic (exact) mass is 386 g/mol. The van der Waals surface area contributed by atoms with Crippen LogP contribution < -0.4 is 15.8 Å². The number of amides is 2. The zero-order chi connectivity index (χ0) is 19.4. The van der Waals surface area contributed by atoms with Gasteiger partial charge in [0.25, 0.3) is 5.91 Å². The number of hydrogen-bond acceptors (Lipinski definition) is 6. The van der Waals surface area contributed by atoms with E-state index in [1.807, 2.05) is 0 Å². The second-order valence-electron chi connectivity index (χ2n) is 5.53. The minimum Gasteiger partial charge on any atom is -0.485 e. The zero-order valence-corrected chi connectivity index (χ0v) is 15.0. The molecule has 0 aliphatic carbocycles. The zero-order valence-electron chi connectivity index (χ0n) is 14.2. The number of halogens is 1. The molecule has 27 heavy (non-hydrogen) atoms. The fraction of sp³-hybridized carbons (Fsp3) is 0.111. The number of aryl methyl sites for hydroxylation is 1. The first-order chi connectivity index (χ1) is 12.9. The molecule has 0 atom stereocenters. The molecule has 0 bridgehead atoms. The molecule has 3 aromatic rings. The number of anilines is 1. The van der Waals surface area contributed by atoms with Crippen molar-refractivity contribution in [2.24, 2.45) is 5.73 Å². The maximum atomic E-state index is 12.6. The van der Waals surface area contributed by atoms with Crippen LogP contribution in [0, 0.1) is 6.92 Å². The number of benzene rings is 2. The molecule has 2 aromatic carbocycles. The molecule has 0 fully saturated rings. The molecule has 0 saturated carbocycles. The summed E-state index contributed by atoms with van der Waals surface area (Å²) in [6, 6.07) is 11.2. The van der Waals surface area contributed by atoms with Gasteiger partial charge in [-0.2, -0.15) is 4.98 Å². The predicted octanol–water partition coefficient (Wildman–Crippen LogP) is 2.96. The van der Waals surface area contributed by atoms with E-state index in [0.29, 0.717) is 28.7 Å². The Morgan fingerprint density at radius 3 is 2.70 bits per heavy atom. The van der Waals surface area contributed by atoms with Crippen LogP contribution in [0.4, 0.5) is 5.69 Å². The van der Waals surface area contributed by atoms with Gasteiger partial charge >= 0.3 is 0 Å². The van der Waals surface area contributed by atoms with Crippen LogP contribution in [0.5, 0.6) is 5.75 Å². The number of hydrogen-bond donors (Lipinski definition) is 2. The van der Waals surface area contributed by atoms with E-state index < -0.39 is 11.8 Å². The number of ether oxygens (including phenoxy) is 1. The third-order valence-electron chi connectivity index (χ3n) is 3.55. The summed E-state index contributed by atoms with van der Waals surface area (Å²) in [6.07, 6.45) is 0. The van der Waals surface area contributed by atoms with Gasteiger partial charge in [-0.15, -0.1) is 0 Å². The van der Waals surface area contributed by atoms with Gasteiger partial charge in [0.1, 0.15) is 5.75 Å². The van der Waals surface area contributed by atoms with Crippen molar-refractivity contribution in [1.29, 1.82) is 0 Å². The highest BCUT2D eigenvalue weighted by molar-refractivity contribution is 6.34. The molecule has 0 unspecified atom stereocenters. The van der Waals surface area contributed by atoms with Crippen molar-refractivity contribution in [3.05, 3.63) is 70.3 Å². The minimum absolute atomic E-state index is 0.0500. The predicted molar refractivity (Wildman–Crippen MR) is 97.7 cm³/mol. The van der Waals surface area contributed by atoms with Crippen LogP contribution >= 0.6 is 11.6 Å². The van der Waals surface area contributed by atoms with Crippen LogP contribution in [0.25, 0.3) is 0 Å². The second-order valence-corrected chi connectivity index (χ2v) is 5.93. The number of carbonyl (C=O) groups excluding carboxylic acids is 2. The SMILES string of the molecule is Cc1nc(COc2ccccc2C(=O)Nc2ccc(Cl)c(C(N)=O)c2)no1. The number of nitrogens with one attached hydrogen (secondary N) is 1. The van der Waals surface area contributed by atoms with Gasteiger partial charge in [-0.25, -0.2) is 0 Å². The third-order valence-corrected chi connectivity index (χ3v) is 3.88. The first-order valence-electron chi connectivity index (χ1n) is 7.86. The summed E-state index contributed by atoms with van der Waals surface area (Å²) in [5.41, 5.74) is 6.06.